The normalized spacial score (nSPS) is 10.4. The van der Waals surface area contributed by atoms with Crippen molar-refractivity contribution in [1.82, 2.24) is 0 Å². The largest absolute Gasteiger partial charge is 0.490 e. The molecule has 0 aliphatic heterocycles. The second-order valence-corrected chi connectivity index (χ2v) is 3.64. The molecule has 2 heteroatoms. The van der Waals surface area contributed by atoms with Gasteiger partial charge in [-0.2, -0.15) is 0 Å². The van der Waals surface area contributed by atoms with Crippen LogP contribution in [0, 0.1) is 0 Å². The molecule has 0 radical (unpaired) electrons. The van der Waals surface area contributed by atoms with Crippen LogP contribution >= 0.6 is 0 Å². The molecule has 0 bridgehead atoms. The van der Waals surface area contributed by atoms with E-state index in [1.807, 2.05) is 12.1 Å². The molecule has 0 aromatic heterocycles. The van der Waals surface area contributed by atoms with Gasteiger partial charge in [0.2, 0.25) is 0 Å². The Morgan fingerprint density at radius 3 is 2.13 bits per heavy atom. The molecule has 15 heavy (non-hydrogen) atoms. The summed E-state index contributed by atoms with van der Waals surface area (Å²) in [5.41, 5.74) is 0.729. The van der Waals surface area contributed by atoms with E-state index in [4.69, 9.17) is 4.74 Å². The fourth-order valence-electron chi connectivity index (χ4n) is 1.42. The quantitative estimate of drug-likeness (QED) is 0.690. The highest BCUT2D eigenvalue weighted by Gasteiger charge is 2.05. The molecule has 1 aromatic rings. The van der Waals surface area contributed by atoms with Gasteiger partial charge in [-0.3, -0.25) is 4.79 Å². The van der Waals surface area contributed by atoms with Crippen molar-refractivity contribution in [1.29, 1.82) is 0 Å². The summed E-state index contributed by atoms with van der Waals surface area (Å²) in [6.45, 7) is 5.78. The van der Waals surface area contributed by atoms with Crippen molar-refractivity contribution in [2.45, 2.75) is 39.7 Å². The van der Waals surface area contributed by atoms with Gasteiger partial charge in [-0.05, 0) is 44.0 Å². The van der Waals surface area contributed by atoms with Crippen LogP contribution in [0.2, 0.25) is 0 Å². The molecule has 0 amide bonds. The maximum absolute atomic E-state index is 11.1. The summed E-state index contributed by atoms with van der Waals surface area (Å²) in [6, 6.07) is 7.32. The van der Waals surface area contributed by atoms with Crippen LogP contribution < -0.4 is 4.74 Å². The van der Waals surface area contributed by atoms with Crippen LogP contribution in [0.4, 0.5) is 0 Å². The molecule has 1 rings (SSSR count). The number of ketones is 1. The molecule has 0 unspecified atom stereocenters. The van der Waals surface area contributed by atoms with Crippen molar-refractivity contribution in [2.24, 2.45) is 0 Å². The van der Waals surface area contributed by atoms with Gasteiger partial charge in [0.25, 0.3) is 0 Å². The molecule has 2 nitrogen and oxygen atoms in total. The topological polar surface area (TPSA) is 26.3 Å². The number of rotatable bonds is 5. The zero-order chi connectivity index (χ0) is 11.3. The highest BCUT2D eigenvalue weighted by atomic mass is 16.5. The maximum atomic E-state index is 11.1. The molecule has 0 saturated heterocycles. The molecule has 0 spiro atoms. The van der Waals surface area contributed by atoms with Gasteiger partial charge in [0, 0.05) is 5.56 Å². The number of hydrogen-bond donors (Lipinski definition) is 0. The van der Waals surface area contributed by atoms with Crippen LogP contribution in [0.15, 0.2) is 24.3 Å². The Morgan fingerprint density at radius 2 is 1.73 bits per heavy atom. The van der Waals surface area contributed by atoms with Crippen molar-refractivity contribution in [3.8, 4) is 5.75 Å². The molecule has 0 saturated carbocycles. The predicted octanol–water partition coefficient (Wildman–Crippen LogP) is 3.46. The minimum absolute atomic E-state index is 0.0871. The molecule has 0 fully saturated rings. The number of benzene rings is 1. The molecular weight excluding hydrogens is 188 g/mol. The van der Waals surface area contributed by atoms with Gasteiger partial charge >= 0.3 is 0 Å². The van der Waals surface area contributed by atoms with Crippen molar-refractivity contribution in [2.75, 3.05) is 0 Å². The Kier molecular flexibility index (Phi) is 4.35. The monoisotopic (exact) mass is 206 g/mol. The number of carbonyl (C=O) groups is 1. The molecule has 0 aliphatic carbocycles. The van der Waals surface area contributed by atoms with Crippen molar-refractivity contribution in [3.05, 3.63) is 29.8 Å². The van der Waals surface area contributed by atoms with Crippen LogP contribution in [0.1, 0.15) is 44.0 Å². The van der Waals surface area contributed by atoms with Crippen molar-refractivity contribution in [3.63, 3.8) is 0 Å². The fourth-order valence-corrected chi connectivity index (χ4v) is 1.42. The van der Waals surface area contributed by atoms with E-state index in [0.29, 0.717) is 0 Å². The van der Waals surface area contributed by atoms with E-state index < -0.39 is 0 Å². The molecular formula is C13H18O2. The zero-order valence-corrected chi connectivity index (χ0v) is 9.62. The van der Waals surface area contributed by atoms with Crippen molar-refractivity contribution >= 4 is 5.78 Å². The first-order valence-corrected chi connectivity index (χ1v) is 5.45. The third-order valence-electron chi connectivity index (χ3n) is 2.47. The average molecular weight is 206 g/mol. The number of ether oxygens (including phenoxy) is 1. The lowest BCUT2D eigenvalue weighted by Crippen LogP contribution is -2.13. The van der Waals surface area contributed by atoms with Gasteiger partial charge in [-0.15, -0.1) is 0 Å². The molecule has 0 atom stereocenters. The SMILES string of the molecule is CCC(CC)Oc1ccc(C(C)=O)cc1. The molecule has 0 aliphatic rings. The first-order valence-electron chi connectivity index (χ1n) is 5.45. The van der Waals surface area contributed by atoms with E-state index in [9.17, 15) is 4.79 Å². The minimum atomic E-state index is 0.0871. The summed E-state index contributed by atoms with van der Waals surface area (Å²) in [4.78, 5) is 11.1. The summed E-state index contributed by atoms with van der Waals surface area (Å²) in [6.07, 6.45) is 2.28. The van der Waals surface area contributed by atoms with Gasteiger partial charge in [0.1, 0.15) is 5.75 Å². The van der Waals surface area contributed by atoms with Gasteiger partial charge in [0.05, 0.1) is 6.10 Å². The van der Waals surface area contributed by atoms with Crippen LogP contribution in [0.25, 0.3) is 0 Å². The van der Waals surface area contributed by atoms with E-state index >= 15 is 0 Å². The van der Waals surface area contributed by atoms with Gasteiger partial charge < -0.3 is 4.74 Å². The van der Waals surface area contributed by atoms with Crippen LogP contribution in [0.3, 0.4) is 0 Å². The molecule has 0 heterocycles. The Morgan fingerprint density at radius 1 is 1.20 bits per heavy atom. The second kappa shape index (κ2) is 5.54. The Balaban J connectivity index is 2.67. The van der Waals surface area contributed by atoms with E-state index in [1.54, 1.807) is 19.1 Å². The summed E-state index contributed by atoms with van der Waals surface area (Å²) in [7, 11) is 0. The van der Waals surface area contributed by atoms with Crippen LogP contribution in [0.5, 0.6) is 5.75 Å². The average Bonchev–Trinajstić information content (AvgIpc) is 2.26. The summed E-state index contributed by atoms with van der Waals surface area (Å²) >= 11 is 0. The number of hydrogen-bond acceptors (Lipinski definition) is 2. The van der Waals surface area contributed by atoms with Gasteiger partial charge in [-0.1, -0.05) is 13.8 Å². The lowest BCUT2D eigenvalue weighted by Gasteiger charge is -2.15. The van der Waals surface area contributed by atoms with E-state index in [2.05, 4.69) is 13.8 Å². The zero-order valence-electron chi connectivity index (χ0n) is 9.62. The lowest BCUT2D eigenvalue weighted by atomic mass is 10.1. The van der Waals surface area contributed by atoms with Crippen LogP contribution in [-0.4, -0.2) is 11.9 Å². The highest BCUT2D eigenvalue weighted by Crippen LogP contribution is 2.16. The van der Waals surface area contributed by atoms with Gasteiger partial charge in [0.15, 0.2) is 5.78 Å². The van der Waals surface area contributed by atoms with E-state index in [-0.39, 0.29) is 11.9 Å². The molecule has 82 valence electrons. The third-order valence-corrected chi connectivity index (χ3v) is 2.47. The number of Topliss-reactive ketones (excluding diaryl/α,β-unsaturated/α-hetero) is 1. The maximum Gasteiger partial charge on any atom is 0.159 e. The van der Waals surface area contributed by atoms with Crippen LogP contribution in [-0.2, 0) is 0 Å². The summed E-state index contributed by atoms with van der Waals surface area (Å²) < 4.78 is 5.74. The molecule has 0 N–H and O–H groups in total. The Bertz CT molecular complexity index is 310. The smallest absolute Gasteiger partial charge is 0.159 e. The third kappa shape index (κ3) is 3.39. The Labute approximate surface area is 91.3 Å². The summed E-state index contributed by atoms with van der Waals surface area (Å²) in [5.74, 6) is 0.929. The van der Waals surface area contributed by atoms with E-state index in [0.717, 1.165) is 24.2 Å². The van der Waals surface area contributed by atoms with Crippen molar-refractivity contribution < 1.29 is 9.53 Å². The number of carbonyl (C=O) groups excluding carboxylic acids is 1. The Hall–Kier alpha value is -1.31. The lowest BCUT2D eigenvalue weighted by molar-refractivity contribution is 0.101. The summed E-state index contributed by atoms with van der Waals surface area (Å²) in [5, 5.41) is 0. The molecule has 1 aromatic carbocycles. The minimum Gasteiger partial charge on any atom is -0.490 e. The van der Waals surface area contributed by atoms with Gasteiger partial charge in [-0.25, -0.2) is 0 Å². The first-order chi connectivity index (χ1) is 7.17. The standard InChI is InChI=1S/C13H18O2/c1-4-12(5-2)15-13-8-6-11(7-9-13)10(3)14/h6-9,12H,4-5H2,1-3H3. The van der Waals surface area contributed by atoms with E-state index in [1.165, 1.54) is 0 Å². The first kappa shape index (κ1) is 11.8. The fraction of sp³-hybridized carbons (Fsp3) is 0.462. The predicted molar refractivity (Wildman–Crippen MR) is 61.4 cm³/mol. The second-order valence-electron chi connectivity index (χ2n) is 3.64. The highest BCUT2D eigenvalue weighted by molar-refractivity contribution is 5.94.